The number of carbonyl (C=O) groups excluding carboxylic acids is 1. The molecule has 0 saturated carbocycles. The molecule has 0 saturated heterocycles. The van der Waals surface area contributed by atoms with Gasteiger partial charge in [-0.05, 0) is 29.4 Å². The summed E-state index contributed by atoms with van der Waals surface area (Å²) in [6, 6.07) is 0. The average Bonchev–Trinajstić information content (AvgIpc) is 2.59. The van der Waals surface area contributed by atoms with Crippen molar-refractivity contribution in [3.05, 3.63) is 28.6 Å². The molecule has 0 amide bonds. The lowest BCUT2D eigenvalue weighted by Crippen LogP contribution is -2.07. The van der Waals surface area contributed by atoms with E-state index in [0.29, 0.717) is 18.3 Å². The van der Waals surface area contributed by atoms with E-state index in [1.807, 2.05) is 6.20 Å². The fourth-order valence-electron chi connectivity index (χ4n) is 2.46. The predicted molar refractivity (Wildman–Crippen MR) is 65.1 cm³/mol. The van der Waals surface area contributed by atoms with E-state index in [9.17, 15) is 4.79 Å². The van der Waals surface area contributed by atoms with Crippen molar-refractivity contribution in [3.8, 4) is 0 Å². The van der Waals surface area contributed by atoms with Gasteiger partial charge in [0.15, 0.2) is 5.78 Å². The van der Waals surface area contributed by atoms with Gasteiger partial charge in [0.05, 0.1) is 5.69 Å². The Hall–Kier alpha value is -1.18. The van der Waals surface area contributed by atoms with Crippen molar-refractivity contribution in [2.24, 2.45) is 0 Å². The van der Waals surface area contributed by atoms with Crippen molar-refractivity contribution in [2.45, 2.75) is 52.4 Å². The van der Waals surface area contributed by atoms with Gasteiger partial charge in [0, 0.05) is 18.2 Å². The number of nitrogens with zero attached hydrogens (tertiary/aromatic N) is 1. The Labute approximate surface area is 97.1 Å². The smallest absolute Gasteiger partial charge is 0.165 e. The molecule has 0 N–H and O–H groups in total. The van der Waals surface area contributed by atoms with Crippen molar-refractivity contribution >= 4 is 5.78 Å². The maximum Gasteiger partial charge on any atom is 0.165 e. The summed E-state index contributed by atoms with van der Waals surface area (Å²) in [7, 11) is 0. The molecular weight excluding hydrogens is 198 g/mol. The Morgan fingerprint density at radius 1 is 1.12 bits per heavy atom. The predicted octanol–water partition coefficient (Wildman–Crippen LogP) is 3.46. The van der Waals surface area contributed by atoms with Crippen LogP contribution < -0.4 is 0 Å². The van der Waals surface area contributed by atoms with Gasteiger partial charge in [0.2, 0.25) is 0 Å². The summed E-state index contributed by atoms with van der Waals surface area (Å²) in [5, 5.41) is 0. The molecule has 1 aliphatic rings. The third kappa shape index (κ3) is 1.66. The second kappa shape index (κ2) is 4.00. The lowest BCUT2D eigenvalue weighted by molar-refractivity contribution is 0.0993. The summed E-state index contributed by atoms with van der Waals surface area (Å²) in [6.07, 6.45) is 3.54. The molecule has 16 heavy (non-hydrogen) atoms. The molecule has 0 fully saturated rings. The lowest BCUT2D eigenvalue weighted by Gasteiger charge is -2.15. The van der Waals surface area contributed by atoms with Crippen LogP contribution in [0.1, 0.15) is 73.1 Å². The Morgan fingerprint density at radius 3 is 2.38 bits per heavy atom. The number of rotatable bonds is 2. The lowest BCUT2D eigenvalue weighted by atomic mass is 9.93. The molecule has 1 aromatic heterocycles. The van der Waals surface area contributed by atoms with Crippen LogP contribution in [0.3, 0.4) is 0 Å². The van der Waals surface area contributed by atoms with Gasteiger partial charge < -0.3 is 0 Å². The zero-order chi connectivity index (χ0) is 11.9. The molecule has 0 atom stereocenters. The highest BCUT2D eigenvalue weighted by molar-refractivity contribution is 6.01. The fraction of sp³-hybridized carbons (Fsp3) is 0.571. The number of carbonyl (C=O) groups is 1. The topological polar surface area (TPSA) is 30.0 Å². The molecular formula is C14H19NO. The first-order valence-corrected chi connectivity index (χ1v) is 6.07. The second-order valence-corrected chi connectivity index (χ2v) is 5.18. The summed E-state index contributed by atoms with van der Waals surface area (Å²) in [4.78, 5) is 16.4. The van der Waals surface area contributed by atoms with Crippen molar-refractivity contribution < 1.29 is 4.79 Å². The molecule has 0 spiro atoms. The van der Waals surface area contributed by atoms with E-state index in [0.717, 1.165) is 17.7 Å². The SMILES string of the molecule is CC(C)c1cnc(C(C)C)c2c1CCC2=O. The van der Waals surface area contributed by atoms with Gasteiger partial charge in [0.1, 0.15) is 0 Å². The van der Waals surface area contributed by atoms with Crippen LogP contribution >= 0.6 is 0 Å². The minimum Gasteiger partial charge on any atom is -0.294 e. The maximum absolute atomic E-state index is 11.9. The second-order valence-electron chi connectivity index (χ2n) is 5.18. The van der Waals surface area contributed by atoms with E-state index >= 15 is 0 Å². The molecule has 0 aromatic carbocycles. The molecule has 2 rings (SSSR count). The zero-order valence-corrected chi connectivity index (χ0v) is 10.5. The van der Waals surface area contributed by atoms with Crippen LogP contribution in [0, 0.1) is 0 Å². The molecule has 0 radical (unpaired) electrons. The normalized spacial score (nSPS) is 15.0. The Balaban J connectivity index is 2.64. The number of hydrogen-bond acceptors (Lipinski definition) is 2. The monoisotopic (exact) mass is 217 g/mol. The largest absolute Gasteiger partial charge is 0.294 e. The van der Waals surface area contributed by atoms with E-state index in [1.165, 1.54) is 11.1 Å². The zero-order valence-electron chi connectivity index (χ0n) is 10.5. The Kier molecular flexibility index (Phi) is 2.83. The van der Waals surface area contributed by atoms with Crippen LogP contribution in [0.5, 0.6) is 0 Å². The van der Waals surface area contributed by atoms with Crippen LogP contribution in [0.25, 0.3) is 0 Å². The van der Waals surface area contributed by atoms with Gasteiger partial charge in [-0.25, -0.2) is 0 Å². The maximum atomic E-state index is 11.9. The molecule has 1 heterocycles. The van der Waals surface area contributed by atoms with Gasteiger partial charge in [0.25, 0.3) is 0 Å². The highest BCUT2D eigenvalue weighted by Crippen LogP contribution is 2.33. The van der Waals surface area contributed by atoms with Gasteiger partial charge in [-0.1, -0.05) is 27.7 Å². The quantitative estimate of drug-likeness (QED) is 0.759. The van der Waals surface area contributed by atoms with Gasteiger partial charge >= 0.3 is 0 Å². The molecule has 2 heteroatoms. The number of Topliss-reactive ketones (excluding diaryl/α,β-unsaturated/α-hetero) is 1. The highest BCUT2D eigenvalue weighted by Gasteiger charge is 2.28. The fourth-order valence-corrected chi connectivity index (χ4v) is 2.46. The Morgan fingerprint density at radius 2 is 1.81 bits per heavy atom. The van der Waals surface area contributed by atoms with E-state index < -0.39 is 0 Å². The first kappa shape index (κ1) is 11.3. The summed E-state index contributed by atoms with van der Waals surface area (Å²) in [5.41, 5.74) is 4.44. The molecule has 2 nitrogen and oxygen atoms in total. The number of pyridine rings is 1. The van der Waals surface area contributed by atoms with Gasteiger partial charge in [-0.3, -0.25) is 9.78 Å². The number of ketones is 1. The van der Waals surface area contributed by atoms with Crippen LogP contribution in [0.4, 0.5) is 0 Å². The number of fused-ring (bicyclic) bond motifs is 1. The Bertz CT molecular complexity index is 433. The van der Waals surface area contributed by atoms with Crippen molar-refractivity contribution in [1.82, 2.24) is 4.98 Å². The number of hydrogen-bond donors (Lipinski definition) is 0. The van der Waals surface area contributed by atoms with E-state index in [-0.39, 0.29) is 5.78 Å². The van der Waals surface area contributed by atoms with E-state index in [1.54, 1.807) is 0 Å². The summed E-state index contributed by atoms with van der Waals surface area (Å²) >= 11 is 0. The van der Waals surface area contributed by atoms with Crippen LogP contribution in [-0.4, -0.2) is 10.8 Å². The molecule has 1 aromatic rings. The minimum atomic E-state index is 0.286. The van der Waals surface area contributed by atoms with Crippen LogP contribution in [0.15, 0.2) is 6.20 Å². The van der Waals surface area contributed by atoms with E-state index in [4.69, 9.17) is 0 Å². The highest BCUT2D eigenvalue weighted by atomic mass is 16.1. The van der Waals surface area contributed by atoms with Gasteiger partial charge in [-0.15, -0.1) is 0 Å². The standard InChI is InChI=1S/C14H19NO/c1-8(2)11-7-15-14(9(3)4)13-10(11)5-6-12(13)16/h7-9H,5-6H2,1-4H3. The van der Waals surface area contributed by atoms with E-state index in [2.05, 4.69) is 32.7 Å². The first-order chi connectivity index (χ1) is 7.52. The van der Waals surface area contributed by atoms with Crippen molar-refractivity contribution in [1.29, 1.82) is 0 Å². The average molecular weight is 217 g/mol. The van der Waals surface area contributed by atoms with Crippen LogP contribution in [0.2, 0.25) is 0 Å². The molecule has 0 bridgehead atoms. The van der Waals surface area contributed by atoms with Gasteiger partial charge in [-0.2, -0.15) is 0 Å². The minimum absolute atomic E-state index is 0.286. The summed E-state index contributed by atoms with van der Waals surface area (Å²) < 4.78 is 0. The molecule has 1 aliphatic carbocycles. The molecule has 0 aliphatic heterocycles. The van der Waals surface area contributed by atoms with Crippen molar-refractivity contribution in [2.75, 3.05) is 0 Å². The first-order valence-electron chi connectivity index (χ1n) is 6.07. The van der Waals surface area contributed by atoms with Crippen LogP contribution in [-0.2, 0) is 6.42 Å². The summed E-state index contributed by atoms with van der Waals surface area (Å²) in [5.74, 6) is 1.07. The third-order valence-corrected chi connectivity index (χ3v) is 3.30. The van der Waals surface area contributed by atoms with Crippen molar-refractivity contribution in [3.63, 3.8) is 0 Å². The molecule has 0 unspecified atom stereocenters. The number of aromatic nitrogens is 1. The molecule has 86 valence electrons. The summed E-state index contributed by atoms with van der Waals surface area (Å²) in [6.45, 7) is 8.52. The third-order valence-electron chi connectivity index (χ3n) is 3.30.